The Morgan fingerprint density at radius 1 is 0.950 bits per heavy atom. The lowest BCUT2D eigenvalue weighted by Crippen LogP contribution is -1.86. The van der Waals surface area contributed by atoms with E-state index in [1.165, 1.54) is 27.5 Å². The Labute approximate surface area is 121 Å². The van der Waals surface area contributed by atoms with Crippen LogP contribution in [0, 0.1) is 0 Å². The molecule has 0 radical (unpaired) electrons. The average molecular weight is 281 g/mol. The summed E-state index contributed by atoms with van der Waals surface area (Å²) >= 11 is 6.02. The highest BCUT2D eigenvalue weighted by Gasteiger charge is 2.07. The number of H-pyrrole nitrogens is 2. The highest BCUT2D eigenvalue weighted by atomic mass is 35.5. The van der Waals surface area contributed by atoms with Gasteiger partial charge in [0.15, 0.2) is 0 Å². The maximum atomic E-state index is 6.02. The van der Waals surface area contributed by atoms with E-state index in [0.29, 0.717) is 0 Å². The first kappa shape index (κ1) is 11.6. The Balaban J connectivity index is 1.76. The molecule has 0 atom stereocenters. The van der Waals surface area contributed by atoms with Gasteiger partial charge in [-0.2, -0.15) is 0 Å². The number of benzene rings is 2. The van der Waals surface area contributed by atoms with E-state index in [-0.39, 0.29) is 0 Å². The van der Waals surface area contributed by atoms with Crippen molar-refractivity contribution in [2.75, 3.05) is 0 Å². The van der Waals surface area contributed by atoms with Gasteiger partial charge in [-0.15, -0.1) is 0 Å². The largest absolute Gasteiger partial charge is 0.361 e. The molecule has 0 fully saturated rings. The van der Waals surface area contributed by atoms with Crippen molar-refractivity contribution in [2.24, 2.45) is 0 Å². The van der Waals surface area contributed by atoms with Gasteiger partial charge in [-0.3, -0.25) is 0 Å². The van der Waals surface area contributed by atoms with Gasteiger partial charge in [0.05, 0.1) is 0 Å². The number of halogens is 1. The van der Waals surface area contributed by atoms with E-state index >= 15 is 0 Å². The van der Waals surface area contributed by atoms with Gasteiger partial charge in [0, 0.05) is 39.8 Å². The van der Waals surface area contributed by atoms with Crippen molar-refractivity contribution in [2.45, 2.75) is 6.42 Å². The van der Waals surface area contributed by atoms with Gasteiger partial charge >= 0.3 is 0 Å². The molecule has 0 saturated carbocycles. The van der Waals surface area contributed by atoms with Crippen molar-refractivity contribution in [3.63, 3.8) is 0 Å². The third-order valence-electron chi connectivity index (χ3n) is 3.70. The van der Waals surface area contributed by atoms with Crippen molar-refractivity contribution in [1.82, 2.24) is 9.97 Å². The monoisotopic (exact) mass is 280 g/mol. The first-order chi connectivity index (χ1) is 9.79. The third-order valence-corrected chi connectivity index (χ3v) is 3.93. The molecule has 0 saturated heterocycles. The molecule has 0 aliphatic rings. The van der Waals surface area contributed by atoms with Gasteiger partial charge < -0.3 is 9.97 Å². The molecule has 3 heteroatoms. The number of para-hydroxylation sites is 1. The standard InChI is InChI=1S/C17H13ClN2/c18-13-5-6-15-12(10-19-17(15)9-13)8-14-7-11-3-1-2-4-16(11)20-14/h1-7,9-10,19-20H,8H2. The number of nitrogens with one attached hydrogen (secondary N) is 2. The fraction of sp³-hybridized carbons (Fsp3) is 0.0588. The predicted octanol–water partition coefficient (Wildman–Crippen LogP) is 4.89. The molecule has 0 unspecified atom stereocenters. The fourth-order valence-electron chi connectivity index (χ4n) is 2.74. The normalized spacial score (nSPS) is 11.4. The lowest BCUT2D eigenvalue weighted by Gasteiger charge is -1.97. The van der Waals surface area contributed by atoms with Gasteiger partial charge in [0.1, 0.15) is 0 Å². The Morgan fingerprint density at radius 3 is 2.75 bits per heavy atom. The van der Waals surface area contributed by atoms with Crippen LogP contribution in [0.5, 0.6) is 0 Å². The molecule has 0 bridgehead atoms. The molecule has 2 N–H and O–H groups in total. The Morgan fingerprint density at radius 2 is 1.85 bits per heavy atom. The molecule has 2 aromatic heterocycles. The van der Waals surface area contributed by atoms with E-state index in [1.807, 2.05) is 12.1 Å². The molecule has 0 amide bonds. The second kappa shape index (κ2) is 4.43. The summed E-state index contributed by atoms with van der Waals surface area (Å²) in [5.41, 5.74) is 4.78. The minimum Gasteiger partial charge on any atom is -0.361 e. The van der Waals surface area contributed by atoms with Crippen LogP contribution in [-0.4, -0.2) is 9.97 Å². The zero-order chi connectivity index (χ0) is 13.5. The van der Waals surface area contributed by atoms with Crippen molar-refractivity contribution < 1.29 is 0 Å². The number of hydrogen-bond donors (Lipinski definition) is 2. The third kappa shape index (κ3) is 1.89. The van der Waals surface area contributed by atoms with Crippen LogP contribution in [0.3, 0.4) is 0 Å². The zero-order valence-corrected chi connectivity index (χ0v) is 11.5. The Hall–Kier alpha value is -2.19. The van der Waals surface area contributed by atoms with Crippen molar-refractivity contribution in [1.29, 1.82) is 0 Å². The molecule has 4 aromatic rings. The summed E-state index contributed by atoms with van der Waals surface area (Å²) in [5.74, 6) is 0. The topological polar surface area (TPSA) is 31.6 Å². The second-order valence-corrected chi connectivity index (χ2v) is 5.50. The van der Waals surface area contributed by atoms with Crippen molar-refractivity contribution >= 4 is 33.4 Å². The van der Waals surface area contributed by atoms with Crippen molar-refractivity contribution in [3.05, 3.63) is 71.0 Å². The van der Waals surface area contributed by atoms with E-state index in [1.54, 1.807) is 0 Å². The number of hydrogen-bond acceptors (Lipinski definition) is 0. The highest BCUT2D eigenvalue weighted by Crippen LogP contribution is 2.25. The highest BCUT2D eigenvalue weighted by molar-refractivity contribution is 6.31. The maximum Gasteiger partial charge on any atom is 0.0471 e. The molecular weight excluding hydrogens is 268 g/mol. The van der Waals surface area contributed by atoms with E-state index < -0.39 is 0 Å². The number of fused-ring (bicyclic) bond motifs is 2. The minimum absolute atomic E-state index is 0.761. The molecule has 0 aliphatic heterocycles. The predicted molar refractivity (Wildman–Crippen MR) is 84.4 cm³/mol. The number of rotatable bonds is 2. The summed E-state index contributed by atoms with van der Waals surface area (Å²) in [6.45, 7) is 0. The van der Waals surface area contributed by atoms with Crippen LogP contribution in [0.2, 0.25) is 5.02 Å². The average Bonchev–Trinajstić information content (AvgIpc) is 3.02. The van der Waals surface area contributed by atoms with Crippen LogP contribution < -0.4 is 0 Å². The molecule has 0 spiro atoms. The molecule has 0 aliphatic carbocycles. The summed E-state index contributed by atoms with van der Waals surface area (Å²) in [4.78, 5) is 6.75. The van der Waals surface area contributed by atoms with Gasteiger partial charge in [0.25, 0.3) is 0 Å². The lowest BCUT2D eigenvalue weighted by molar-refractivity contribution is 1.13. The molecule has 2 nitrogen and oxygen atoms in total. The summed E-state index contributed by atoms with van der Waals surface area (Å²) in [5, 5.41) is 3.25. The number of aromatic amines is 2. The van der Waals surface area contributed by atoms with Crippen molar-refractivity contribution in [3.8, 4) is 0 Å². The first-order valence-corrected chi connectivity index (χ1v) is 6.99. The summed E-state index contributed by atoms with van der Waals surface area (Å²) in [6.07, 6.45) is 2.95. The van der Waals surface area contributed by atoms with Crippen LogP contribution in [-0.2, 0) is 6.42 Å². The summed E-state index contributed by atoms with van der Waals surface area (Å²) in [6, 6.07) is 16.5. The van der Waals surface area contributed by atoms with E-state index in [4.69, 9.17) is 11.6 Å². The second-order valence-electron chi connectivity index (χ2n) is 5.06. The van der Waals surface area contributed by atoms with Crippen LogP contribution in [0.15, 0.2) is 54.7 Å². The number of aromatic nitrogens is 2. The maximum absolute atomic E-state index is 6.02. The molecule has 20 heavy (non-hydrogen) atoms. The minimum atomic E-state index is 0.761. The van der Waals surface area contributed by atoms with E-state index in [2.05, 4.69) is 52.6 Å². The molecule has 2 aromatic carbocycles. The van der Waals surface area contributed by atoms with Gasteiger partial charge in [-0.25, -0.2) is 0 Å². The van der Waals surface area contributed by atoms with Crippen LogP contribution >= 0.6 is 11.6 Å². The van der Waals surface area contributed by atoms with Crippen LogP contribution in [0.1, 0.15) is 11.3 Å². The van der Waals surface area contributed by atoms with E-state index in [0.717, 1.165) is 17.0 Å². The molecule has 98 valence electrons. The van der Waals surface area contributed by atoms with Gasteiger partial charge in [-0.1, -0.05) is 35.9 Å². The van der Waals surface area contributed by atoms with Gasteiger partial charge in [0.2, 0.25) is 0 Å². The van der Waals surface area contributed by atoms with Crippen LogP contribution in [0.25, 0.3) is 21.8 Å². The van der Waals surface area contributed by atoms with Gasteiger partial charge in [-0.05, 0) is 35.2 Å². The van der Waals surface area contributed by atoms with E-state index in [9.17, 15) is 0 Å². The summed E-state index contributed by atoms with van der Waals surface area (Å²) in [7, 11) is 0. The van der Waals surface area contributed by atoms with Crippen LogP contribution in [0.4, 0.5) is 0 Å². The smallest absolute Gasteiger partial charge is 0.0471 e. The molecular formula is C17H13ClN2. The lowest BCUT2D eigenvalue weighted by atomic mass is 10.1. The Kier molecular flexibility index (Phi) is 2.57. The SMILES string of the molecule is Clc1ccc2c(Cc3cc4ccccc4[nH]3)c[nH]c2c1. The first-order valence-electron chi connectivity index (χ1n) is 6.62. The molecule has 2 heterocycles. The zero-order valence-electron chi connectivity index (χ0n) is 10.8. The fourth-order valence-corrected chi connectivity index (χ4v) is 2.91. The summed E-state index contributed by atoms with van der Waals surface area (Å²) < 4.78 is 0. The Bertz CT molecular complexity index is 869. The molecule has 4 rings (SSSR count). The quantitative estimate of drug-likeness (QED) is 0.524.